The van der Waals surface area contributed by atoms with Crippen LogP contribution >= 0.6 is 11.3 Å². The molecule has 0 aliphatic carbocycles. The highest BCUT2D eigenvalue weighted by Crippen LogP contribution is 2.11. The molecule has 0 spiro atoms. The Morgan fingerprint density at radius 1 is 1.43 bits per heavy atom. The monoisotopic (exact) mass is 206 g/mol. The van der Waals surface area contributed by atoms with Crippen LogP contribution in [0.5, 0.6) is 0 Å². The largest absolute Gasteiger partial charge is 0.334 e. The van der Waals surface area contributed by atoms with E-state index in [1.165, 1.54) is 10.6 Å². The fourth-order valence-corrected chi connectivity index (χ4v) is 2.15. The molecule has 14 heavy (non-hydrogen) atoms. The third-order valence-corrected chi connectivity index (χ3v) is 3.46. The molecule has 0 atom stereocenters. The van der Waals surface area contributed by atoms with E-state index in [4.69, 9.17) is 0 Å². The van der Waals surface area contributed by atoms with Gasteiger partial charge in [0.2, 0.25) is 0 Å². The first-order valence-electron chi connectivity index (χ1n) is 4.78. The number of hydrogen-bond donors (Lipinski definition) is 0. The lowest BCUT2D eigenvalue weighted by molar-refractivity contribution is 0.682. The maximum absolute atomic E-state index is 4.28. The molecule has 0 bridgehead atoms. The molecule has 0 unspecified atom stereocenters. The summed E-state index contributed by atoms with van der Waals surface area (Å²) in [5, 5.41) is 2.13. The molecule has 0 fully saturated rings. The Hall–Kier alpha value is -1.09. The van der Waals surface area contributed by atoms with Crippen molar-refractivity contribution in [3.63, 3.8) is 0 Å². The van der Waals surface area contributed by atoms with Gasteiger partial charge in [-0.25, -0.2) is 4.98 Å². The standard InChI is InChI=1S/C11H14N2S/c1-9-10(2)13(8-12-9)6-5-11-4-3-7-14-11/h3-4,7-8H,5-6H2,1-2H3. The lowest BCUT2D eigenvalue weighted by Crippen LogP contribution is -2.01. The molecule has 2 nitrogen and oxygen atoms in total. The van der Waals surface area contributed by atoms with E-state index in [0.717, 1.165) is 18.7 Å². The summed E-state index contributed by atoms with van der Waals surface area (Å²) in [5.41, 5.74) is 2.41. The quantitative estimate of drug-likeness (QED) is 0.755. The molecule has 0 aromatic carbocycles. The molecular formula is C11H14N2S. The second kappa shape index (κ2) is 3.96. The van der Waals surface area contributed by atoms with Crippen molar-refractivity contribution in [2.24, 2.45) is 0 Å². The Labute approximate surface area is 88.2 Å². The third kappa shape index (κ3) is 1.87. The number of imidazole rings is 1. The van der Waals surface area contributed by atoms with Crippen LogP contribution in [0.3, 0.4) is 0 Å². The van der Waals surface area contributed by atoms with Crippen molar-refractivity contribution in [3.05, 3.63) is 40.1 Å². The predicted molar refractivity (Wildman–Crippen MR) is 59.7 cm³/mol. The van der Waals surface area contributed by atoms with Crippen molar-refractivity contribution in [3.8, 4) is 0 Å². The smallest absolute Gasteiger partial charge is 0.0951 e. The summed E-state index contributed by atoms with van der Waals surface area (Å²) in [6, 6.07) is 4.29. The summed E-state index contributed by atoms with van der Waals surface area (Å²) < 4.78 is 2.22. The summed E-state index contributed by atoms with van der Waals surface area (Å²) >= 11 is 1.82. The van der Waals surface area contributed by atoms with E-state index in [9.17, 15) is 0 Å². The first kappa shape index (κ1) is 9.46. The van der Waals surface area contributed by atoms with Gasteiger partial charge in [0, 0.05) is 17.1 Å². The lowest BCUT2D eigenvalue weighted by Gasteiger charge is -2.03. The van der Waals surface area contributed by atoms with Gasteiger partial charge in [-0.3, -0.25) is 0 Å². The van der Waals surface area contributed by atoms with Crippen LogP contribution in [0.4, 0.5) is 0 Å². The van der Waals surface area contributed by atoms with Crippen molar-refractivity contribution in [1.82, 2.24) is 9.55 Å². The lowest BCUT2D eigenvalue weighted by atomic mass is 10.3. The van der Waals surface area contributed by atoms with E-state index in [1.807, 2.05) is 17.7 Å². The van der Waals surface area contributed by atoms with Gasteiger partial charge in [-0.1, -0.05) is 6.07 Å². The highest BCUT2D eigenvalue weighted by molar-refractivity contribution is 7.09. The maximum atomic E-state index is 4.28. The van der Waals surface area contributed by atoms with Gasteiger partial charge < -0.3 is 4.57 Å². The molecule has 2 rings (SSSR count). The fourth-order valence-electron chi connectivity index (χ4n) is 1.46. The van der Waals surface area contributed by atoms with Crippen molar-refractivity contribution in [2.75, 3.05) is 0 Å². The molecule has 2 aromatic heterocycles. The molecule has 0 saturated carbocycles. The number of hydrogen-bond acceptors (Lipinski definition) is 2. The van der Waals surface area contributed by atoms with Crippen molar-refractivity contribution < 1.29 is 0 Å². The molecule has 2 aromatic rings. The molecule has 0 aliphatic heterocycles. The average Bonchev–Trinajstić information content (AvgIpc) is 2.77. The van der Waals surface area contributed by atoms with E-state index in [1.54, 1.807) is 0 Å². The zero-order valence-electron chi connectivity index (χ0n) is 8.53. The summed E-state index contributed by atoms with van der Waals surface area (Å²) in [7, 11) is 0. The first-order chi connectivity index (χ1) is 6.77. The van der Waals surface area contributed by atoms with Gasteiger partial charge in [-0.2, -0.15) is 0 Å². The Kier molecular flexibility index (Phi) is 2.68. The maximum Gasteiger partial charge on any atom is 0.0951 e. The second-order valence-electron chi connectivity index (χ2n) is 3.44. The zero-order valence-corrected chi connectivity index (χ0v) is 9.34. The molecule has 0 aliphatic rings. The molecule has 0 saturated heterocycles. The van der Waals surface area contributed by atoms with Crippen LogP contribution in [0.25, 0.3) is 0 Å². The molecule has 0 radical (unpaired) electrons. The van der Waals surface area contributed by atoms with Crippen LogP contribution < -0.4 is 0 Å². The van der Waals surface area contributed by atoms with E-state index in [0.29, 0.717) is 0 Å². The van der Waals surface area contributed by atoms with E-state index in [2.05, 4.69) is 40.9 Å². The third-order valence-electron chi connectivity index (χ3n) is 2.52. The van der Waals surface area contributed by atoms with Gasteiger partial charge in [0.1, 0.15) is 0 Å². The van der Waals surface area contributed by atoms with Gasteiger partial charge in [0.05, 0.1) is 12.0 Å². The Morgan fingerprint density at radius 2 is 2.29 bits per heavy atom. The summed E-state index contributed by atoms with van der Waals surface area (Å²) in [4.78, 5) is 5.72. The molecular weight excluding hydrogens is 192 g/mol. The Bertz CT molecular complexity index is 401. The highest BCUT2D eigenvalue weighted by Gasteiger charge is 2.01. The second-order valence-corrected chi connectivity index (χ2v) is 4.47. The van der Waals surface area contributed by atoms with E-state index >= 15 is 0 Å². The average molecular weight is 206 g/mol. The van der Waals surface area contributed by atoms with Crippen LogP contribution in [0.1, 0.15) is 16.3 Å². The summed E-state index contributed by atoms with van der Waals surface area (Å²) in [6.07, 6.45) is 3.03. The molecule has 0 amide bonds. The van der Waals surface area contributed by atoms with Gasteiger partial charge >= 0.3 is 0 Å². The van der Waals surface area contributed by atoms with Crippen LogP contribution in [0.2, 0.25) is 0 Å². The molecule has 3 heteroatoms. The van der Waals surface area contributed by atoms with E-state index < -0.39 is 0 Å². The van der Waals surface area contributed by atoms with E-state index in [-0.39, 0.29) is 0 Å². The van der Waals surface area contributed by atoms with Gasteiger partial charge in [-0.05, 0) is 31.7 Å². The van der Waals surface area contributed by atoms with Crippen LogP contribution in [0.15, 0.2) is 23.8 Å². The SMILES string of the molecule is Cc1ncn(CCc2cccs2)c1C. The minimum Gasteiger partial charge on any atom is -0.334 e. The Balaban J connectivity index is 2.02. The van der Waals surface area contributed by atoms with Gasteiger partial charge in [0.25, 0.3) is 0 Å². The molecule has 2 heterocycles. The zero-order chi connectivity index (χ0) is 9.97. The number of aryl methyl sites for hydroxylation is 3. The first-order valence-corrected chi connectivity index (χ1v) is 5.66. The number of rotatable bonds is 3. The van der Waals surface area contributed by atoms with Gasteiger partial charge in [0.15, 0.2) is 0 Å². The molecule has 74 valence electrons. The van der Waals surface area contributed by atoms with Crippen LogP contribution in [0, 0.1) is 13.8 Å². The number of nitrogens with zero attached hydrogens (tertiary/aromatic N) is 2. The van der Waals surface area contributed by atoms with Gasteiger partial charge in [-0.15, -0.1) is 11.3 Å². The molecule has 0 N–H and O–H groups in total. The minimum absolute atomic E-state index is 1.03. The van der Waals surface area contributed by atoms with Crippen molar-refractivity contribution >= 4 is 11.3 Å². The predicted octanol–water partition coefficient (Wildman–Crippen LogP) is 2.80. The normalized spacial score (nSPS) is 10.7. The highest BCUT2D eigenvalue weighted by atomic mass is 32.1. The summed E-state index contributed by atoms with van der Waals surface area (Å²) in [6.45, 7) is 5.21. The number of aromatic nitrogens is 2. The van der Waals surface area contributed by atoms with Crippen molar-refractivity contribution in [1.29, 1.82) is 0 Å². The van der Waals surface area contributed by atoms with Crippen LogP contribution in [-0.2, 0) is 13.0 Å². The Morgan fingerprint density at radius 3 is 2.86 bits per heavy atom. The number of thiophene rings is 1. The van der Waals surface area contributed by atoms with Crippen LogP contribution in [-0.4, -0.2) is 9.55 Å². The van der Waals surface area contributed by atoms with Crippen molar-refractivity contribution in [2.45, 2.75) is 26.8 Å². The fraction of sp³-hybridized carbons (Fsp3) is 0.364. The summed E-state index contributed by atoms with van der Waals surface area (Å²) in [5.74, 6) is 0. The topological polar surface area (TPSA) is 17.8 Å². The minimum atomic E-state index is 1.03.